The molecule has 0 saturated carbocycles. The Morgan fingerprint density at radius 3 is 2.52 bits per heavy atom. The summed E-state index contributed by atoms with van der Waals surface area (Å²) in [6, 6.07) is 4.79. The number of ketones is 3. The monoisotopic (exact) mass is 364 g/mol. The Kier molecular flexibility index (Phi) is 4.75. The number of fused-ring (bicyclic) bond motifs is 2. The summed E-state index contributed by atoms with van der Waals surface area (Å²) in [5.41, 5.74) is -0.0736. The summed E-state index contributed by atoms with van der Waals surface area (Å²) in [7, 11) is 0. The zero-order chi connectivity index (χ0) is 18.2. The fourth-order valence-corrected chi connectivity index (χ4v) is 3.90. The van der Waals surface area contributed by atoms with Crippen LogP contribution in [-0.2, 0) is 24.5 Å². The summed E-state index contributed by atoms with van der Waals surface area (Å²) in [6.45, 7) is 0.718. The quantitative estimate of drug-likeness (QED) is 0.822. The van der Waals surface area contributed by atoms with Gasteiger partial charge in [0.05, 0.1) is 11.8 Å². The first-order chi connectivity index (χ1) is 11.9. The van der Waals surface area contributed by atoms with E-state index in [0.29, 0.717) is 36.6 Å². The van der Waals surface area contributed by atoms with Gasteiger partial charge in [-0.25, -0.2) is 0 Å². The zero-order valence-corrected chi connectivity index (χ0v) is 14.2. The Labute approximate surface area is 149 Å². The SMILES string of the molecule is O=C(O)CCC(=O)C1C(=O)c2cc(Cl)ccc2C2(CCOCC2)C1=O. The summed E-state index contributed by atoms with van der Waals surface area (Å²) in [6.07, 6.45) is 0.0152. The highest BCUT2D eigenvalue weighted by atomic mass is 35.5. The Hall–Kier alpha value is -2.05. The fourth-order valence-electron chi connectivity index (χ4n) is 3.72. The summed E-state index contributed by atoms with van der Waals surface area (Å²) in [5, 5.41) is 9.12. The molecule has 1 atom stereocenters. The second-order valence-electron chi connectivity index (χ2n) is 6.41. The van der Waals surface area contributed by atoms with Gasteiger partial charge in [-0.3, -0.25) is 19.2 Å². The number of hydrogen-bond donors (Lipinski definition) is 1. The van der Waals surface area contributed by atoms with E-state index in [2.05, 4.69) is 0 Å². The standard InChI is InChI=1S/C18H17ClO6/c19-10-1-2-12-11(9-10)16(23)15(13(20)3-4-14(21)22)17(24)18(12)5-7-25-8-6-18/h1-2,9,15H,3-8H2,(H,21,22). The van der Waals surface area contributed by atoms with Crippen molar-refractivity contribution in [2.45, 2.75) is 31.1 Å². The van der Waals surface area contributed by atoms with Crippen LogP contribution in [0.4, 0.5) is 0 Å². The van der Waals surface area contributed by atoms with Crippen molar-refractivity contribution in [3.8, 4) is 0 Å². The number of carboxylic acid groups (broad SMARTS) is 1. The van der Waals surface area contributed by atoms with E-state index in [9.17, 15) is 19.2 Å². The van der Waals surface area contributed by atoms with Crippen molar-refractivity contribution in [3.63, 3.8) is 0 Å². The fraction of sp³-hybridized carbons (Fsp3) is 0.444. The molecule has 1 saturated heterocycles. The van der Waals surface area contributed by atoms with Gasteiger partial charge in [-0.05, 0) is 30.5 Å². The van der Waals surface area contributed by atoms with Gasteiger partial charge in [0.2, 0.25) is 0 Å². The second-order valence-corrected chi connectivity index (χ2v) is 6.84. The molecule has 1 aromatic rings. The molecule has 0 radical (unpaired) electrons. The first-order valence-electron chi connectivity index (χ1n) is 8.07. The normalized spacial score (nSPS) is 21.9. The van der Waals surface area contributed by atoms with Crippen molar-refractivity contribution in [2.75, 3.05) is 13.2 Å². The molecule has 0 amide bonds. The van der Waals surface area contributed by atoms with Crippen molar-refractivity contribution < 1.29 is 29.0 Å². The lowest BCUT2D eigenvalue weighted by atomic mass is 9.60. The maximum Gasteiger partial charge on any atom is 0.303 e. The molecule has 0 aromatic heterocycles. The third-order valence-corrected chi connectivity index (χ3v) is 5.25. The van der Waals surface area contributed by atoms with Crippen molar-refractivity contribution in [2.24, 2.45) is 5.92 Å². The molecule has 1 fully saturated rings. The van der Waals surface area contributed by atoms with Gasteiger partial charge in [-0.15, -0.1) is 0 Å². The number of benzene rings is 1. The highest BCUT2D eigenvalue weighted by Gasteiger charge is 2.54. The van der Waals surface area contributed by atoms with E-state index in [1.807, 2.05) is 0 Å². The summed E-state index contributed by atoms with van der Waals surface area (Å²) >= 11 is 6.01. The predicted molar refractivity (Wildman–Crippen MR) is 87.9 cm³/mol. The smallest absolute Gasteiger partial charge is 0.303 e. The van der Waals surface area contributed by atoms with Crippen molar-refractivity contribution in [3.05, 3.63) is 34.3 Å². The van der Waals surface area contributed by atoms with Gasteiger partial charge < -0.3 is 9.84 Å². The van der Waals surface area contributed by atoms with Crippen LogP contribution in [0.15, 0.2) is 18.2 Å². The number of ether oxygens (including phenoxy) is 1. The number of rotatable bonds is 4. The van der Waals surface area contributed by atoms with E-state index < -0.39 is 41.1 Å². The maximum atomic E-state index is 13.2. The van der Waals surface area contributed by atoms with Gasteiger partial charge in [0.25, 0.3) is 0 Å². The largest absolute Gasteiger partial charge is 0.481 e. The number of halogens is 1. The van der Waals surface area contributed by atoms with E-state index >= 15 is 0 Å². The lowest BCUT2D eigenvalue weighted by Gasteiger charge is -2.42. The van der Waals surface area contributed by atoms with Crippen LogP contribution in [-0.4, -0.2) is 41.6 Å². The van der Waals surface area contributed by atoms with Crippen LogP contribution in [0, 0.1) is 5.92 Å². The van der Waals surface area contributed by atoms with E-state index in [0.717, 1.165) is 0 Å². The van der Waals surface area contributed by atoms with Gasteiger partial charge in [0.1, 0.15) is 5.92 Å². The van der Waals surface area contributed by atoms with Crippen LogP contribution < -0.4 is 0 Å². The third kappa shape index (κ3) is 3.00. The van der Waals surface area contributed by atoms with Crippen LogP contribution in [0.25, 0.3) is 0 Å². The topological polar surface area (TPSA) is 97.7 Å². The first-order valence-corrected chi connectivity index (χ1v) is 8.45. The molecule has 1 unspecified atom stereocenters. The minimum Gasteiger partial charge on any atom is -0.481 e. The molecule has 3 rings (SSSR count). The molecule has 25 heavy (non-hydrogen) atoms. The Morgan fingerprint density at radius 1 is 1.20 bits per heavy atom. The Bertz CT molecular complexity index is 763. The van der Waals surface area contributed by atoms with E-state index in [1.165, 1.54) is 6.07 Å². The molecule has 7 heteroatoms. The van der Waals surface area contributed by atoms with E-state index in [-0.39, 0.29) is 12.0 Å². The highest BCUT2D eigenvalue weighted by molar-refractivity contribution is 6.33. The molecule has 1 N–H and O–H groups in total. The van der Waals surface area contributed by atoms with E-state index in [4.69, 9.17) is 21.4 Å². The molecule has 1 spiro atoms. The Morgan fingerprint density at radius 2 is 1.88 bits per heavy atom. The number of Topliss-reactive ketones (excluding diaryl/α,β-unsaturated/α-hetero) is 3. The number of carboxylic acids is 1. The van der Waals surface area contributed by atoms with Crippen LogP contribution in [0.2, 0.25) is 5.02 Å². The molecule has 0 bridgehead atoms. The number of aliphatic carboxylic acids is 1. The number of hydrogen-bond acceptors (Lipinski definition) is 5. The molecular formula is C18H17ClO6. The Balaban J connectivity index is 2.07. The molecular weight excluding hydrogens is 348 g/mol. The average Bonchev–Trinajstić information content (AvgIpc) is 2.59. The molecule has 1 aliphatic carbocycles. The van der Waals surface area contributed by atoms with Gasteiger partial charge in [0, 0.05) is 30.2 Å². The number of carbonyl (C=O) groups excluding carboxylic acids is 3. The summed E-state index contributed by atoms with van der Waals surface area (Å²) in [4.78, 5) is 49.2. The van der Waals surface area contributed by atoms with Crippen LogP contribution in [0.3, 0.4) is 0 Å². The second kappa shape index (κ2) is 6.69. The van der Waals surface area contributed by atoms with Gasteiger partial charge in [-0.2, -0.15) is 0 Å². The van der Waals surface area contributed by atoms with E-state index in [1.54, 1.807) is 12.1 Å². The minimum absolute atomic E-state index is 0.280. The lowest BCUT2D eigenvalue weighted by molar-refractivity contribution is -0.141. The predicted octanol–water partition coefficient (Wildman–Crippen LogP) is 2.20. The van der Waals surface area contributed by atoms with Crippen LogP contribution in [0.5, 0.6) is 0 Å². The minimum atomic E-state index is -1.46. The molecule has 1 aromatic carbocycles. The van der Waals surface area contributed by atoms with Crippen LogP contribution in [0.1, 0.15) is 41.6 Å². The zero-order valence-electron chi connectivity index (χ0n) is 13.4. The molecule has 132 valence electrons. The first kappa shape index (κ1) is 17.8. The lowest BCUT2D eigenvalue weighted by Crippen LogP contribution is -2.53. The molecule has 1 aliphatic heterocycles. The maximum absolute atomic E-state index is 13.2. The van der Waals surface area contributed by atoms with Gasteiger partial charge in [-0.1, -0.05) is 17.7 Å². The number of carbonyl (C=O) groups is 4. The molecule has 2 aliphatic rings. The molecule has 6 nitrogen and oxygen atoms in total. The molecule has 1 heterocycles. The summed E-state index contributed by atoms with van der Waals surface area (Å²) in [5.74, 6) is -4.27. The van der Waals surface area contributed by atoms with Gasteiger partial charge >= 0.3 is 5.97 Å². The van der Waals surface area contributed by atoms with Crippen molar-refractivity contribution >= 4 is 34.9 Å². The average molecular weight is 365 g/mol. The van der Waals surface area contributed by atoms with Crippen molar-refractivity contribution in [1.29, 1.82) is 0 Å². The third-order valence-electron chi connectivity index (χ3n) is 5.01. The summed E-state index contributed by atoms with van der Waals surface area (Å²) < 4.78 is 5.36. The van der Waals surface area contributed by atoms with Crippen LogP contribution >= 0.6 is 11.6 Å². The van der Waals surface area contributed by atoms with Gasteiger partial charge in [0.15, 0.2) is 17.3 Å². The highest BCUT2D eigenvalue weighted by Crippen LogP contribution is 2.45. The van der Waals surface area contributed by atoms with Crippen molar-refractivity contribution in [1.82, 2.24) is 0 Å².